The first-order valence-electron chi connectivity index (χ1n) is 7.97. The average molecular weight is 367 g/mol. The third kappa shape index (κ3) is 3.30. The van der Waals surface area contributed by atoms with Gasteiger partial charge in [-0.25, -0.2) is 0 Å². The number of phenols is 1. The molecule has 0 spiro atoms. The molecular weight excluding hydrogens is 352 g/mol. The van der Waals surface area contributed by atoms with Crippen LogP contribution in [0.1, 0.15) is 5.56 Å². The molecule has 0 atom stereocenters. The Labute approximate surface area is 154 Å². The van der Waals surface area contributed by atoms with E-state index in [9.17, 15) is 5.11 Å². The van der Waals surface area contributed by atoms with Crippen LogP contribution < -0.4 is 4.74 Å². The normalized spacial score (nSPS) is 10.8. The Morgan fingerprint density at radius 3 is 2.65 bits per heavy atom. The Balaban J connectivity index is 1.55. The quantitative estimate of drug-likeness (QED) is 0.504. The fraction of sp³-hybridized carbons (Fsp3) is 0.0500. The van der Waals surface area contributed by atoms with Gasteiger partial charge in [-0.05, 0) is 35.9 Å². The van der Waals surface area contributed by atoms with Gasteiger partial charge in [0.25, 0.3) is 0 Å². The molecule has 0 saturated carbocycles. The van der Waals surface area contributed by atoms with Crippen molar-refractivity contribution in [2.75, 3.05) is 0 Å². The van der Waals surface area contributed by atoms with Crippen LogP contribution in [0.5, 0.6) is 11.5 Å². The van der Waals surface area contributed by atoms with Crippen molar-refractivity contribution < 1.29 is 14.3 Å². The molecule has 0 radical (unpaired) electrons. The highest BCUT2D eigenvalue weighted by molar-refractivity contribution is 6.30. The van der Waals surface area contributed by atoms with Crippen LogP contribution in [0.15, 0.2) is 71.7 Å². The fourth-order valence-electron chi connectivity index (χ4n) is 2.68. The predicted octanol–water partition coefficient (Wildman–Crippen LogP) is 5.27. The Morgan fingerprint density at radius 2 is 1.92 bits per heavy atom. The molecule has 130 valence electrons. The molecule has 4 rings (SSSR count). The Hall–Kier alpha value is -3.18. The second-order valence-electron chi connectivity index (χ2n) is 5.75. The van der Waals surface area contributed by atoms with Crippen molar-refractivity contribution in [3.63, 3.8) is 0 Å². The smallest absolute Gasteiger partial charge is 0.128 e. The van der Waals surface area contributed by atoms with Gasteiger partial charge in [0.05, 0.1) is 12.5 Å². The number of phenolic OH excluding ortho intramolecular Hbond substituents is 1. The molecule has 0 aliphatic carbocycles. The molecular formula is C20H15ClN2O3. The number of ether oxygens (including phenoxy) is 1. The average Bonchev–Trinajstić information content (AvgIpc) is 3.32. The van der Waals surface area contributed by atoms with E-state index >= 15 is 0 Å². The van der Waals surface area contributed by atoms with Crippen LogP contribution in [-0.2, 0) is 6.61 Å². The lowest BCUT2D eigenvalue weighted by Crippen LogP contribution is -1.95. The van der Waals surface area contributed by atoms with Crippen LogP contribution in [0.2, 0.25) is 5.02 Å². The molecule has 0 fully saturated rings. The molecule has 2 heterocycles. The molecule has 2 aromatic heterocycles. The van der Waals surface area contributed by atoms with Gasteiger partial charge in [0.15, 0.2) is 0 Å². The van der Waals surface area contributed by atoms with E-state index in [2.05, 4.69) is 10.2 Å². The molecule has 0 saturated heterocycles. The summed E-state index contributed by atoms with van der Waals surface area (Å²) in [5, 5.41) is 18.2. The molecule has 26 heavy (non-hydrogen) atoms. The van der Waals surface area contributed by atoms with Crippen molar-refractivity contribution >= 4 is 11.6 Å². The van der Waals surface area contributed by atoms with Crippen LogP contribution in [0.3, 0.4) is 0 Å². The van der Waals surface area contributed by atoms with Crippen molar-refractivity contribution in [1.29, 1.82) is 0 Å². The molecule has 2 aromatic carbocycles. The third-order valence-corrected chi connectivity index (χ3v) is 4.27. The fourth-order valence-corrected chi connectivity index (χ4v) is 2.81. The summed E-state index contributed by atoms with van der Waals surface area (Å²) in [4.78, 5) is 0. The highest BCUT2D eigenvalue weighted by Crippen LogP contribution is 2.37. The highest BCUT2D eigenvalue weighted by Gasteiger charge is 2.15. The van der Waals surface area contributed by atoms with Gasteiger partial charge in [0, 0.05) is 34.0 Å². The van der Waals surface area contributed by atoms with Gasteiger partial charge >= 0.3 is 0 Å². The number of nitrogens with one attached hydrogen (secondary N) is 1. The number of benzene rings is 2. The summed E-state index contributed by atoms with van der Waals surface area (Å²) in [6.45, 7) is 0.388. The first-order valence-corrected chi connectivity index (χ1v) is 8.35. The zero-order valence-corrected chi connectivity index (χ0v) is 14.4. The van der Waals surface area contributed by atoms with Crippen molar-refractivity contribution in [3.05, 3.63) is 77.8 Å². The van der Waals surface area contributed by atoms with E-state index < -0.39 is 0 Å². The zero-order valence-electron chi connectivity index (χ0n) is 13.6. The maximum atomic E-state index is 10.4. The topological polar surface area (TPSA) is 71.3 Å². The Bertz CT molecular complexity index is 1010. The zero-order chi connectivity index (χ0) is 17.9. The minimum Gasteiger partial charge on any atom is -0.507 e. The highest BCUT2D eigenvalue weighted by atomic mass is 35.5. The number of aromatic nitrogens is 2. The van der Waals surface area contributed by atoms with Gasteiger partial charge in [-0.2, -0.15) is 5.10 Å². The van der Waals surface area contributed by atoms with Crippen LogP contribution in [-0.4, -0.2) is 15.3 Å². The summed E-state index contributed by atoms with van der Waals surface area (Å²) in [5.74, 6) is 0.664. The molecule has 2 N–H and O–H groups in total. The minimum atomic E-state index is 0.0930. The summed E-state index contributed by atoms with van der Waals surface area (Å²) in [7, 11) is 0. The first-order chi connectivity index (χ1) is 12.7. The van der Waals surface area contributed by atoms with Crippen LogP contribution in [0.4, 0.5) is 0 Å². The standard InChI is InChI=1S/C20H15ClN2O3/c21-15-3-1-13(2-4-15)11-26-16-5-6-17(19(24)9-16)20-18(10-22-23-20)14-7-8-25-12-14/h1-10,12,24H,11H2,(H,22,23). The number of H-pyrrole nitrogens is 1. The molecule has 0 bridgehead atoms. The second-order valence-corrected chi connectivity index (χ2v) is 6.19. The van der Waals surface area contributed by atoms with Crippen molar-refractivity contribution in [2.24, 2.45) is 0 Å². The van der Waals surface area contributed by atoms with E-state index in [0.29, 0.717) is 28.6 Å². The van der Waals surface area contributed by atoms with Gasteiger partial charge in [-0.15, -0.1) is 0 Å². The number of rotatable bonds is 5. The lowest BCUT2D eigenvalue weighted by Gasteiger charge is -2.09. The molecule has 6 heteroatoms. The van der Waals surface area contributed by atoms with E-state index in [4.69, 9.17) is 20.8 Å². The van der Waals surface area contributed by atoms with Gasteiger partial charge in [-0.1, -0.05) is 23.7 Å². The number of nitrogens with zero attached hydrogens (tertiary/aromatic N) is 1. The van der Waals surface area contributed by atoms with Crippen LogP contribution in [0, 0.1) is 0 Å². The SMILES string of the molecule is Oc1cc(OCc2ccc(Cl)cc2)ccc1-c1n[nH]cc1-c1ccoc1. The lowest BCUT2D eigenvalue weighted by atomic mass is 10.0. The maximum absolute atomic E-state index is 10.4. The van der Waals surface area contributed by atoms with Gasteiger partial charge in [0.2, 0.25) is 0 Å². The van der Waals surface area contributed by atoms with Crippen LogP contribution in [0.25, 0.3) is 22.4 Å². The van der Waals surface area contributed by atoms with Crippen molar-refractivity contribution in [1.82, 2.24) is 10.2 Å². The maximum Gasteiger partial charge on any atom is 0.128 e. The number of halogens is 1. The van der Waals surface area contributed by atoms with E-state index in [1.54, 1.807) is 36.9 Å². The number of hydrogen-bond acceptors (Lipinski definition) is 4. The molecule has 0 aliphatic rings. The number of aromatic hydroxyl groups is 1. The molecule has 5 nitrogen and oxygen atoms in total. The summed E-state index contributed by atoms with van der Waals surface area (Å²) >= 11 is 5.88. The second kappa shape index (κ2) is 6.98. The largest absolute Gasteiger partial charge is 0.507 e. The van der Waals surface area contributed by atoms with Crippen molar-refractivity contribution in [2.45, 2.75) is 6.61 Å². The summed E-state index contributed by atoms with van der Waals surface area (Å²) in [6, 6.07) is 14.4. The molecule has 0 amide bonds. The summed E-state index contributed by atoms with van der Waals surface area (Å²) in [6.07, 6.45) is 5.00. The van der Waals surface area contributed by atoms with E-state index in [1.807, 2.05) is 30.3 Å². The predicted molar refractivity (Wildman–Crippen MR) is 99.2 cm³/mol. The number of hydrogen-bond donors (Lipinski definition) is 2. The Morgan fingerprint density at radius 1 is 1.08 bits per heavy atom. The third-order valence-electron chi connectivity index (χ3n) is 4.02. The van der Waals surface area contributed by atoms with Gasteiger partial charge < -0.3 is 14.3 Å². The van der Waals surface area contributed by atoms with Gasteiger partial charge in [-0.3, -0.25) is 5.10 Å². The molecule has 0 aliphatic heterocycles. The summed E-state index contributed by atoms with van der Waals surface area (Å²) in [5.41, 5.74) is 3.99. The van der Waals surface area contributed by atoms with Crippen LogP contribution >= 0.6 is 11.6 Å². The summed E-state index contributed by atoms with van der Waals surface area (Å²) < 4.78 is 10.9. The minimum absolute atomic E-state index is 0.0930. The number of furan rings is 1. The Kier molecular flexibility index (Phi) is 4.37. The molecule has 0 unspecified atom stereocenters. The van der Waals surface area contributed by atoms with E-state index in [1.165, 1.54) is 0 Å². The van der Waals surface area contributed by atoms with Crippen molar-refractivity contribution in [3.8, 4) is 33.9 Å². The first kappa shape index (κ1) is 16.3. The van der Waals surface area contributed by atoms with Gasteiger partial charge in [0.1, 0.15) is 23.8 Å². The molecule has 4 aromatic rings. The van der Waals surface area contributed by atoms with E-state index in [-0.39, 0.29) is 5.75 Å². The number of aromatic amines is 1. The monoisotopic (exact) mass is 366 g/mol. The van der Waals surface area contributed by atoms with E-state index in [0.717, 1.165) is 16.7 Å². The lowest BCUT2D eigenvalue weighted by molar-refractivity contribution is 0.304.